The summed E-state index contributed by atoms with van der Waals surface area (Å²) < 4.78 is 0. The maximum Gasteiger partial charge on any atom is 0.0959 e. The van der Waals surface area contributed by atoms with Crippen LogP contribution in [0.15, 0.2) is 5.38 Å². The minimum absolute atomic E-state index is 0.127. The van der Waals surface area contributed by atoms with Crippen LogP contribution in [-0.4, -0.2) is 10.5 Å². The average Bonchev–Trinajstić information content (AvgIpc) is 3.05. The summed E-state index contributed by atoms with van der Waals surface area (Å²) in [4.78, 5) is 4.85. The standard InChI is InChI=1S/C12H16N2S/c13-12(5-6-12)11(3-4-11)9-7-15-10(14-9)8-1-2-8/h7-8H,1-6,13H2. The van der Waals surface area contributed by atoms with Crippen molar-refractivity contribution in [3.63, 3.8) is 0 Å². The van der Waals surface area contributed by atoms with Crippen LogP contribution in [0.3, 0.4) is 0 Å². The quantitative estimate of drug-likeness (QED) is 0.850. The average molecular weight is 220 g/mol. The van der Waals surface area contributed by atoms with E-state index in [9.17, 15) is 0 Å². The molecular formula is C12H16N2S. The van der Waals surface area contributed by atoms with Crippen LogP contribution in [0.4, 0.5) is 0 Å². The Morgan fingerprint density at radius 1 is 1.27 bits per heavy atom. The van der Waals surface area contributed by atoms with Crippen molar-refractivity contribution in [1.29, 1.82) is 0 Å². The Labute approximate surface area is 93.9 Å². The molecule has 2 N–H and O–H groups in total. The van der Waals surface area contributed by atoms with Crippen LogP contribution in [0, 0.1) is 0 Å². The van der Waals surface area contributed by atoms with Gasteiger partial charge in [0, 0.05) is 22.3 Å². The van der Waals surface area contributed by atoms with Crippen LogP contribution in [0.5, 0.6) is 0 Å². The minimum Gasteiger partial charge on any atom is -0.324 e. The van der Waals surface area contributed by atoms with E-state index in [1.807, 2.05) is 11.3 Å². The number of thiazole rings is 1. The predicted octanol–water partition coefficient (Wildman–Crippen LogP) is 2.54. The fourth-order valence-corrected chi connectivity index (χ4v) is 3.86. The molecular weight excluding hydrogens is 204 g/mol. The molecule has 4 rings (SSSR count). The van der Waals surface area contributed by atoms with Crippen molar-refractivity contribution in [1.82, 2.24) is 4.98 Å². The number of nitrogens with two attached hydrogens (primary N) is 1. The molecule has 0 unspecified atom stereocenters. The molecule has 1 aromatic rings. The Balaban J connectivity index is 1.70. The van der Waals surface area contributed by atoms with E-state index in [4.69, 9.17) is 10.7 Å². The molecule has 15 heavy (non-hydrogen) atoms. The van der Waals surface area contributed by atoms with E-state index < -0.39 is 0 Å². The molecule has 0 aromatic carbocycles. The van der Waals surface area contributed by atoms with Gasteiger partial charge < -0.3 is 5.73 Å². The minimum atomic E-state index is 0.127. The molecule has 0 amide bonds. The van der Waals surface area contributed by atoms with Crippen molar-refractivity contribution < 1.29 is 0 Å². The monoisotopic (exact) mass is 220 g/mol. The van der Waals surface area contributed by atoms with E-state index in [1.165, 1.54) is 49.2 Å². The zero-order valence-electron chi connectivity index (χ0n) is 8.83. The van der Waals surface area contributed by atoms with Gasteiger partial charge in [0.15, 0.2) is 0 Å². The second kappa shape index (κ2) is 2.46. The first-order valence-electron chi connectivity index (χ1n) is 5.98. The van der Waals surface area contributed by atoms with Gasteiger partial charge in [-0.05, 0) is 38.5 Å². The fraction of sp³-hybridized carbons (Fsp3) is 0.750. The molecule has 3 aliphatic carbocycles. The van der Waals surface area contributed by atoms with Gasteiger partial charge in [-0.3, -0.25) is 0 Å². The molecule has 0 atom stereocenters. The van der Waals surface area contributed by atoms with Gasteiger partial charge in [-0.1, -0.05) is 0 Å². The molecule has 0 saturated heterocycles. The zero-order valence-corrected chi connectivity index (χ0v) is 9.65. The highest BCUT2D eigenvalue weighted by Crippen LogP contribution is 2.63. The van der Waals surface area contributed by atoms with E-state index >= 15 is 0 Å². The molecule has 0 spiro atoms. The zero-order chi connectivity index (χ0) is 10.1. The highest BCUT2D eigenvalue weighted by atomic mass is 32.1. The number of rotatable bonds is 3. The summed E-state index contributed by atoms with van der Waals surface area (Å²) in [6.45, 7) is 0. The second-order valence-corrected chi connectivity index (χ2v) is 6.47. The van der Waals surface area contributed by atoms with Crippen LogP contribution in [0.1, 0.15) is 55.1 Å². The van der Waals surface area contributed by atoms with Crippen molar-refractivity contribution in [2.45, 2.75) is 55.4 Å². The third-order valence-electron chi connectivity index (χ3n) is 4.43. The summed E-state index contributed by atoms with van der Waals surface area (Å²) in [5.41, 5.74) is 8.14. The topological polar surface area (TPSA) is 38.9 Å². The SMILES string of the molecule is NC1(C2(c3csc(C4CC4)n3)CC2)CC1. The Morgan fingerprint density at radius 3 is 2.53 bits per heavy atom. The van der Waals surface area contributed by atoms with Gasteiger partial charge in [0.1, 0.15) is 0 Å². The van der Waals surface area contributed by atoms with Crippen molar-refractivity contribution in [3.05, 3.63) is 16.1 Å². The molecule has 3 saturated carbocycles. The second-order valence-electron chi connectivity index (χ2n) is 5.58. The van der Waals surface area contributed by atoms with Gasteiger partial charge >= 0.3 is 0 Å². The number of nitrogens with zero attached hydrogens (tertiary/aromatic N) is 1. The Hall–Kier alpha value is -0.410. The first kappa shape index (κ1) is 8.71. The predicted molar refractivity (Wildman–Crippen MR) is 61.2 cm³/mol. The van der Waals surface area contributed by atoms with Crippen molar-refractivity contribution in [2.75, 3.05) is 0 Å². The van der Waals surface area contributed by atoms with Crippen LogP contribution in [0.2, 0.25) is 0 Å². The van der Waals surface area contributed by atoms with Gasteiger partial charge in [-0.25, -0.2) is 4.98 Å². The summed E-state index contributed by atoms with van der Waals surface area (Å²) in [5.74, 6) is 0.799. The van der Waals surface area contributed by atoms with Gasteiger partial charge in [0.05, 0.1) is 10.7 Å². The van der Waals surface area contributed by atoms with Crippen LogP contribution in [-0.2, 0) is 5.41 Å². The summed E-state index contributed by atoms with van der Waals surface area (Å²) in [6.07, 6.45) is 7.68. The lowest BCUT2D eigenvalue weighted by atomic mass is 9.91. The normalized spacial score (nSPS) is 30.2. The van der Waals surface area contributed by atoms with Crippen molar-refractivity contribution in [3.8, 4) is 0 Å². The number of hydrogen-bond acceptors (Lipinski definition) is 3. The number of hydrogen-bond donors (Lipinski definition) is 1. The molecule has 0 bridgehead atoms. The van der Waals surface area contributed by atoms with Crippen LogP contribution in [0.25, 0.3) is 0 Å². The van der Waals surface area contributed by atoms with Crippen LogP contribution < -0.4 is 5.73 Å². The lowest BCUT2D eigenvalue weighted by Gasteiger charge is -2.20. The van der Waals surface area contributed by atoms with E-state index in [1.54, 1.807) is 0 Å². The highest BCUT2D eigenvalue weighted by Gasteiger charge is 2.65. The molecule has 1 heterocycles. The van der Waals surface area contributed by atoms with Gasteiger partial charge in [0.2, 0.25) is 0 Å². The maximum atomic E-state index is 6.38. The molecule has 1 aromatic heterocycles. The molecule has 2 nitrogen and oxygen atoms in total. The van der Waals surface area contributed by atoms with E-state index in [2.05, 4.69) is 5.38 Å². The summed E-state index contributed by atoms with van der Waals surface area (Å²) in [7, 11) is 0. The van der Waals surface area contributed by atoms with Crippen molar-refractivity contribution >= 4 is 11.3 Å². The summed E-state index contributed by atoms with van der Waals surface area (Å²) in [6, 6.07) is 0. The first-order valence-corrected chi connectivity index (χ1v) is 6.86. The van der Waals surface area contributed by atoms with Gasteiger partial charge in [-0.2, -0.15) is 0 Å². The van der Waals surface area contributed by atoms with E-state index in [0.29, 0.717) is 5.41 Å². The number of aromatic nitrogens is 1. The summed E-state index contributed by atoms with van der Waals surface area (Å²) in [5, 5.41) is 3.66. The molecule has 3 fully saturated rings. The Morgan fingerprint density at radius 2 is 2.00 bits per heavy atom. The Kier molecular flexibility index (Phi) is 1.43. The highest BCUT2D eigenvalue weighted by molar-refractivity contribution is 7.09. The van der Waals surface area contributed by atoms with Crippen LogP contribution >= 0.6 is 11.3 Å². The maximum absolute atomic E-state index is 6.38. The molecule has 3 aliphatic rings. The van der Waals surface area contributed by atoms with Gasteiger partial charge in [-0.15, -0.1) is 11.3 Å². The molecule has 0 radical (unpaired) electrons. The fourth-order valence-electron chi connectivity index (χ4n) is 2.77. The molecule has 80 valence electrons. The smallest absolute Gasteiger partial charge is 0.0959 e. The van der Waals surface area contributed by atoms with Gasteiger partial charge in [0.25, 0.3) is 0 Å². The molecule has 3 heteroatoms. The third-order valence-corrected chi connectivity index (χ3v) is 5.44. The van der Waals surface area contributed by atoms with Crippen molar-refractivity contribution in [2.24, 2.45) is 5.73 Å². The lowest BCUT2D eigenvalue weighted by molar-refractivity contribution is 0.492. The lowest BCUT2D eigenvalue weighted by Crippen LogP contribution is -2.37. The third kappa shape index (κ3) is 1.11. The largest absolute Gasteiger partial charge is 0.324 e. The molecule has 0 aliphatic heterocycles. The summed E-state index contributed by atoms with van der Waals surface area (Å²) >= 11 is 1.86. The Bertz CT molecular complexity index is 411. The first-order chi connectivity index (χ1) is 7.24. The van der Waals surface area contributed by atoms with E-state index in [-0.39, 0.29) is 5.54 Å². The van der Waals surface area contributed by atoms with E-state index in [0.717, 1.165) is 5.92 Å².